The first-order chi connectivity index (χ1) is 13.5. The third-order valence-electron chi connectivity index (χ3n) is 7.51. The summed E-state index contributed by atoms with van der Waals surface area (Å²) in [5.41, 5.74) is 1.21. The van der Waals surface area contributed by atoms with Crippen molar-refractivity contribution < 1.29 is 9.53 Å². The number of hydrogen-bond acceptors (Lipinski definition) is 5. The van der Waals surface area contributed by atoms with Crippen molar-refractivity contribution in [3.05, 3.63) is 18.0 Å². The average Bonchev–Trinajstić information content (AvgIpc) is 3.34. The lowest BCUT2D eigenvalue weighted by atomic mass is 9.60. The minimum atomic E-state index is -0.183. The number of carbonyl (C=O) groups excluding carboxylic acids is 1. The quantitative estimate of drug-likeness (QED) is 0.732. The maximum Gasteiger partial charge on any atom is 0.230 e. The van der Waals surface area contributed by atoms with Crippen molar-refractivity contribution in [2.75, 3.05) is 59.5 Å². The van der Waals surface area contributed by atoms with Crippen LogP contribution in [0.25, 0.3) is 0 Å². The van der Waals surface area contributed by atoms with E-state index in [1.807, 2.05) is 17.9 Å². The number of methoxy groups -OCH3 is 1. The lowest BCUT2D eigenvalue weighted by Gasteiger charge is -2.47. The van der Waals surface area contributed by atoms with Crippen LogP contribution in [0.15, 0.2) is 12.4 Å². The van der Waals surface area contributed by atoms with Crippen LogP contribution in [0.5, 0.6) is 0 Å². The van der Waals surface area contributed by atoms with Crippen LogP contribution >= 0.6 is 0 Å². The van der Waals surface area contributed by atoms with Crippen LogP contribution in [0.1, 0.15) is 31.7 Å². The molecule has 4 heterocycles. The summed E-state index contributed by atoms with van der Waals surface area (Å²) in [5.74, 6) is 0.413. The average molecular weight is 390 g/mol. The fourth-order valence-corrected chi connectivity index (χ4v) is 5.93. The summed E-state index contributed by atoms with van der Waals surface area (Å²) in [6.07, 6.45) is 7.31. The minimum absolute atomic E-state index is 0.118. The summed E-state index contributed by atoms with van der Waals surface area (Å²) in [6.45, 7) is 10.6. The summed E-state index contributed by atoms with van der Waals surface area (Å²) in [4.78, 5) is 20.6. The first-order valence-electron chi connectivity index (χ1n) is 10.7. The normalized spacial score (nSPS) is 28.2. The molecule has 0 aliphatic carbocycles. The van der Waals surface area contributed by atoms with Gasteiger partial charge in [-0.3, -0.25) is 19.3 Å². The van der Waals surface area contributed by atoms with Gasteiger partial charge in [0.15, 0.2) is 0 Å². The molecule has 0 saturated carbocycles. The lowest BCUT2D eigenvalue weighted by Crippen LogP contribution is -2.52. The molecular formula is C21H35N5O2. The standard InChI is InChI=1S/C21H35N5O2/c1-4-26-10-7-21(19(26)27)17-25(11-12-28-3)16-20(21)5-8-24(9-6-20)15-18-13-22-23(2)14-18/h13-14H,4-12,15-17H2,1-3H3/t21-/m1/s1. The number of amides is 1. The number of hydrogen-bond donors (Lipinski definition) is 0. The van der Waals surface area contributed by atoms with Gasteiger partial charge >= 0.3 is 0 Å². The Balaban J connectivity index is 1.50. The zero-order valence-electron chi connectivity index (χ0n) is 17.7. The Morgan fingerprint density at radius 2 is 1.93 bits per heavy atom. The monoisotopic (exact) mass is 389 g/mol. The number of aromatic nitrogens is 2. The number of aryl methyl sites for hydroxylation is 1. The van der Waals surface area contributed by atoms with E-state index >= 15 is 0 Å². The van der Waals surface area contributed by atoms with Gasteiger partial charge in [0.1, 0.15) is 0 Å². The van der Waals surface area contributed by atoms with E-state index in [9.17, 15) is 4.79 Å². The second-order valence-corrected chi connectivity index (χ2v) is 9.00. The van der Waals surface area contributed by atoms with Gasteiger partial charge in [0.2, 0.25) is 5.91 Å². The van der Waals surface area contributed by atoms with Crippen molar-refractivity contribution in [3.8, 4) is 0 Å². The van der Waals surface area contributed by atoms with Crippen LogP contribution in [-0.2, 0) is 23.1 Å². The van der Waals surface area contributed by atoms with E-state index in [-0.39, 0.29) is 10.8 Å². The Kier molecular flexibility index (Phi) is 5.51. The van der Waals surface area contributed by atoms with E-state index in [1.165, 1.54) is 5.56 Å². The van der Waals surface area contributed by atoms with Gasteiger partial charge in [-0.05, 0) is 39.3 Å². The maximum atomic E-state index is 13.5. The number of nitrogens with zero attached hydrogens (tertiary/aromatic N) is 5. The number of piperidine rings is 1. The molecule has 3 aliphatic heterocycles. The molecule has 0 radical (unpaired) electrons. The van der Waals surface area contributed by atoms with Crippen molar-refractivity contribution in [1.29, 1.82) is 0 Å². The van der Waals surface area contributed by atoms with E-state index in [0.717, 1.165) is 78.2 Å². The van der Waals surface area contributed by atoms with Crippen LogP contribution in [0.2, 0.25) is 0 Å². The molecular weight excluding hydrogens is 354 g/mol. The summed E-state index contributed by atoms with van der Waals surface area (Å²) >= 11 is 0. The molecule has 7 heteroatoms. The number of ether oxygens (including phenoxy) is 1. The molecule has 28 heavy (non-hydrogen) atoms. The highest BCUT2D eigenvalue weighted by atomic mass is 16.5. The van der Waals surface area contributed by atoms with Gasteiger partial charge in [0.25, 0.3) is 0 Å². The number of rotatable bonds is 6. The van der Waals surface area contributed by atoms with Crippen molar-refractivity contribution in [3.63, 3.8) is 0 Å². The van der Waals surface area contributed by atoms with Crippen LogP contribution in [0.4, 0.5) is 0 Å². The van der Waals surface area contributed by atoms with Gasteiger partial charge in [-0.1, -0.05) is 0 Å². The lowest BCUT2D eigenvalue weighted by molar-refractivity contribution is -0.142. The molecule has 0 aromatic carbocycles. The molecule has 1 aromatic rings. The molecule has 2 spiro atoms. The van der Waals surface area contributed by atoms with Crippen LogP contribution < -0.4 is 0 Å². The smallest absolute Gasteiger partial charge is 0.230 e. The first-order valence-corrected chi connectivity index (χ1v) is 10.7. The Morgan fingerprint density at radius 3 is 2.54 bits per heavy atom. The summed E-state index contributed by atoms with van der Waals surface area (Å²) in [5, 5.41) is 4.30. The topological polar surface area (TPSA) is 53.8 Å². The molecule has 3 aliphatic rings. The van der Waals surface area contributed by atoms with Crippen molar-refractivity contribution in [2.24, 2.45) is 17.9 Å². The van der Waals surface area contributed by atoms with Gasteiger partial charge < -0.3 is 9.64 Å². The fraction of sp³-hybridized carbons (Fsp3) is 0.810. The van der Waals surface area contributed by atoms with Crippen molar-refractivity contribution in [2.45, 2.75) is 32.7 Å². The minimum Gasteiger partial charge on any atom is -0.383 e. The largest absolute Gasteiger partial charge is 0.383 e. The van der Waals surface area contributed by atoms with E-state index < -0.39 is 0 Å². The van der Waals surface area contributed by atoms with Gasteiger partial charge in [0.05, 0.1) is 18.2 Å². The summed E-state index contributed by atoms with van der Waals surface area (Å²) < 4.78 is 7.20. The molecule has 3 fully saturated rings. The molecule has 1 aromatic heterocycles. The Hall–Kier alpha value is -1.44. The van der Waals surface area contributed by atoms with Crippen molar-refractivity contribution in [1.82, 2.24) is 24.5 Å². The molecule has 0 bridgehead atoms. The van der Waals surface area contributed by atoms with E-state index in [1.54, 1.807) is 7.11 Å². The first kappa shape index (κ1) is 19.9. The van der Waals surface area contributed by atoms with E-state index in [4.69, 9.17) is 4.74 Å². The highest BCUT2D eigenvalue weighted by molar-refractivity contribution is 5.86. The maximum absolute atomic E-state index is 13.5. The number of carbonyl (C=O) groups is 1. The number of likely N-dealkylation sites (tertiary alicyclic amines) is 3. The van der Waals surface area contributed by atoms with Crippen LogP contribution in [-0.4, -0.2) is 89.9 Å². The molecule has 4 rings (SSSR count). The van der Waals surface area contributed by atoms with Crippen molar-refractivity contribution >= 4 is 5.91 Å². The molecule has 0 N–H and O–H groups in total. The molecule has 156 valence electrons. The second kappa shape index (κ2) is 7.76. The number of fused-ring (bicyclic) bond motifs is 1. The van der Waals surface area contributed by atoms with Gasteiger partial charge in [0, 0.05) is 70.6 Å². The van der Waals surface area contributed by atoms with Crippen LogP contribution in [0, 0.1) is 10.8 Å². The van der Waals surface area contributed by atoms with Gasteiger partial charge in [-0.25, -0.2) is 0 Å². The third-order valence-corrected chi connectivity index (χ3v) is 7.51. The highest BCUT2D eigenvalue weighted by Gasteiger charge is 2.64. The third kappa shape index (κ3) is 3.27. The van der Waals surface area contributed by atoms with E-state index in [0.29, 0.717) is 5.91 Å². The summed E-state index contributed by atoms with van der Waals surface area (Å²) in [6, 6.07) is 0. The molecule has 0 unspecified atom stereocenters. The van der Waals surface area contributed by atoms with Gasteiger partial charge in [-0.2, -0.15) is 5.10 Å². The van der Waals surface area contributed by atoms with E-state index in [2.05, 4.69) is 32.9 Å². The van der Waals surface area contributed by atoms with Gasteiger partial charge in [-0.15, -0.1) is 0 Å². The molecule has 1 amide bonds. The highest BCUT2D eigenvalue weighted by Crippen LogP contribution is 2.57. The predicted molar refractivity (Wildman–Crippen MR) is 108 cm³/mol. The molecule has 3 saturated heterocycles. The SMILES string of the molecule is CCN1CC[C@@]2(CN(CCOC)CC23CCN(Cc2cnn(C)c2)CC3)C1=O. The predicted octanol–water partition coefficient (Wildman–Crippen LogP) is 1.20. The zero-order chi connectivity index (χ0) is 19.8. The zero-order valence-corrected chi connectivity index (χ0v) is 17.7. The molecule has 7 nitrogen and oxygen atoms in total. The Labute approximate surface area is 168 Å². The second-order valence-electron chi connectivity index (χ2n) is 9.00. The fourth-order valence-electron chi connectivity index (χ4n) is 5.93. The summed E-state index contributed by atoms with van der Waals surface area (Å²) in [7, 11) is 3.73. The Bertz CT molecular complexity index is 697. The Morgan fingerprint density at radius 1 is 1.14 bits per heavy atom. The van der Waals surface area contributed by atoms with Crippen LogP contribution in [0.3, 0.4) is 0 Å². The molecule has 1 atom stereocenters.